The molecule has 1 saturated heterocycles. The SMILES string of the molecule is Fc1ccccc1CN1CC2CC2(c2ccc(Cl)cc2)C1. The van der Waals surface area contributed by atoms with E-state index in [1.165, 1.54) is 12.0 Å². The molecule has 2 aliphatic rings. The van der Waals surface area contributed by atoms with Crippen LogP contribution in [-0.2, 0) is 12.0 Å². The molecule has 2 atom stereocenters. The molecule has 4 rings (SSSR count). The zero-order chi connectivity index (χ0) is 14.4. The lowest BCUT2D eigenvalue weighted by molar-refractivity contribution is 0.286. The van der Waals surface area contributed by atoms with Gasteiger partial charge in [0.05, 0.1) is 0 Å². The van der Waals surface area contributed by atoms with Crippen molar-refractivity contribution in [2.75, 3.05) is 13.1 Å². The fourth-order valence-corrected chi connectivity index (χ4v) is 3.93. The van der Waals surface area contributed by atoms with Crippen LogP contribution in [-0.4, -0.2) is 18.0 Å². The van der Waals surface area contributed by atoms with Gasteiger partial charge in [0.15, 0.2) is 0 Å². The van der Waals surface area contributed by atoms with Crippen LogP contribution in [0.25, 0.3) is 0 Å². The topological polar surface area (TPSA) is 3.24 Å². The zero-order valence-electron chi connectivity index (χ0n) is 11.7. The molecule has 0 spiro atoms. The first-order valence-corrected chi connectivity index (χ1v) is 7.77. The van der Waals surface area contributed by atoms with Gasteiger partial charge in [-0.1, -0.05) is 41.9 Å². The number of nitrogens with zero attached hydrogens (tertiary/aromatic N) is 1. The van der Waals surface area contributed by atoms with Crippen molar-refractivity contribution in [1.29, 1.82) is 0 Å². The number of halogens is 2. The Labute approximate surface area is 129 Å². The molecule has 1 heterocycles. The molecule has 2 aromatic rings. The van der Waals surface area contributed by atoms with Gasteiger partial charge in [0.2, 0.25) is 0 Å². The minimum Gasteiger partial charge on any atom is -0.298 e. The summed E-state index contributed by atoms with van der Waals surface area (Å²) in [5.41, 5.74) is 2.47. The molecule has 1 aliphatic carbocycles. The van der Waals surface area contributed by atoms with E-state index in [0.29, 0.717) is 12.5 Å². The average molecular weight is 302 g/mol. The maximum Gasteiger partial charge on any atom is 0.127 e. The smallest absolute Gasteiger partial charge is 0.127 e. The van der Waals surface area contributed by atoms with Crippen LogP contribution in [0.15, 0.2) is 48.5 Å². The normalized spacial score (nSPS) is 27.6. The summed E-state index contributed by atoms with van der Waals surface area (Å²) in [5.74, 6) is 0.615. The fraction of sp³-hybridized carbons (Fsp3) is 0.333. The zero-order valence-corrected chi connectivity index (χ0v) is 12.5. The number of rotatable bonds is 3. The maximum atomic E-state index is 13.8. The number of fused-ring (bicyclic) bond motifs is 1. The van der Waals surface area contributed by atoms with Crippen LogP contribution in [0.5, 0.6) is 0 Å². The lowest BCUT2D eigenvalue weighted by Gasteiger charge is -2.21. The molecule has 3 heteroatoms. The summed E-state index contributed by atoms with van der Waals surface area (Å²) in [6, 6.07) is 15.3. The largest absolute Gasteiger partial charge is 0.298 e. The second-order valence-corrected chi connectivity index (χ2v) is 6.76. The molecule has 1 saturated carbocycles. The summed E-state index contributed by atoms with van der Waals surface area (Å²) < 4.78 is 13.8. The molecule has 0 aromatic heterocycles. The van der Waals surface area contributed by atoms with E-state index in [4.69, 9.17) is 11.6 Å². The summed E-state index contributed by atoms with van der Waals surface area (Å²) in [7, 11) is 0. The highest BCUT2D eigenvalue weighted by Crippen LogP contribution is 2.59. The van der Waals surface area contributed by atoms with Crippen LogP contribution in [0.4, 0.5) is 4.39 Å². The molecule has 2 fully saturated rings. The summed E-state index contributed by atoms with van der Waals surface area (Å²) in [6.45, 7) is 2.79. The van der Waals surface area contributed by atoms with Crippen molar-refractivity contribution in [2.45, 2.75) is 18.4 Å². The lowest BCUT2D eigenvalue weighted by Crippen LogP contribution is -2.26. The predicted molar refractivity (Wildman–Crippen MR) is 82.9 cm³/mol. The van der Waals surface area contributed by atoms with E-state index < -0.39 is 0 Å². The number of benzene rings is 2. The van der Waals surface area contributed by atoms with E-state index in [0.717, 1.165) is 23.7 Å². The van der Waals surface area contributed by atoms with Gasteiger partial charge >= 0.3 is 0 Å². The summed E-state index contributed by atoms with van der Waals surface area (Å²) in [6.07, 6.45) is 1.25. The highest BCUT2D eigenvalue weighted by molar-refractivity contribution is 6.30. The van der Waals surface area contributed by atoms with Crippen molar-refractivity contribution < 1.29 is 4.39 Å². The molecule has 0 bridgehead atoms. The molecule has 0 N–H and O–H groups in total. The first-order valence-electron chi connectivity index (χ1n) is 7.39. The standard InChI is InChI=1S/C18H17ClFN/c19-16-7-5-14(6-8-16)18-9-15(18)11-21(12-18)10-13-3-1-2-4-17(13)20/h1-8,15H,9-12H2. The second kappa shape index (κ2) is 4.82. The van der Waals surface area contributed by atoms with Gasteiger partial charge in [-0.05, 0) is 36.1 Å². The fourth-order valence-electron chi connectivity index (χ4n) is 3.80. The molecular formula is C18H17ClFN. The van der Waals surface area contributed by atoms with Crippen molar-refractivity contribution in [3.63, 3.8) is 0 Å². The Balaban J connectivity index is 1.51. The molecule has 21 heavy (non-hydrogen) atoms. The molecular weight excluding hydrogens is 285 g/mol. The first-order chi connectivity index (χ1) is 10.2. The Morgan fingerprint density at radius 3 is 2.67 bits per heavy atom. The third-order valence-corrected chi connectivity index (χ3v) is 5.24. The molecule has 108 valence electrons. The van der Waals surface area contributed by atoms with E-state index in [-0.39, 0.29) is 11.2 Å². The van der Waals surface area contributed by atoms with Gasteiger partial charge in [0, 0.05) is 35.6 Å². The number of hydrogen-bond acceptors (Lipinski definition) is 1. The Morgan fingerprint density at radius 1 is 1.14 bits per heavy atom. The first kappa shape index (κ1) is 13.3. The Bertz CT molecular complexity index is 669. The lowest BCUT2D eigenvalue weighted by atomic mass is 9.95. The van der Waals surface area contributed by atoms with Crippen molar-refractivity contribution in [2.24, 2.45) is 5.92 Å². The molecule has 0 amide bonds. The van der Waals surface area contributed by atoms with Gasteiger partial charge in [0.25, 0.3) is 0 Å². The van der Waals surface area contributed by atoms with Crippen LogP contribution < -0.4 is 0 Å². The van der Waals surface area contributed by atoms with Crippen molar-refractivity contribution in [3.05, 3.63) is 70.5 Å². The minimum absolute atomic E-state index is 0.0985. The van der Waals surface area contributed by atoms with Gasteiger partial charge in [-0.15, -0.1) is 0 Å². The minimum atomic E-state index is -0.0985. The number of piperidine rings is 1. The van der Waals surface area contributed by atoms with E-state index in [2.05, 4.69) is 17.0 Å². The average Bonchev–Trinajstić information content (AvgIpc) is 3.05. The third kappa shape index (κ3) is 2.27. The van der Waals surface area contributed by atoms with Gasteiger partial charge in [-0.25, -0.2) is 4.39 Å². The van der Waals surface area contributed by atoms with E-state index >= 15 is 0 Å². The Kier molecular flexibility index (Phi) is 3.05. The van der Waals surface area contributed by atoms with Gasteiger partial charge in [-0.2, -0.15) is 0 Å². The van der Waals surface area contributed by atoms with Crippen LogP contribution in [0.2, 0.25) is 5.02 Å². The Morgan fingerprint density at radius 2 is 1.90 bits per heavy atom. The monoisotopic (exact) mass is 301 g/mol. The van der Waals surface area contributed by atoms with Crippen molar-refractivity contribution in [3.8, 4) is 0 Å². The van der Waals surface area contributed by atoms with Gasteiger partial charge in [-0.3, -0.25) is 4.90 Å². The van der Waals surface area contributed by atoms with Crippen molar-refractivity contribution >= 4 is 11.6 Å². The van der Waals surface area contributed by atoms with E-state index in [9.17, 15) is 4.39 Å². The van der Waals surface area contributed by atoms with E-state index in [1.54, 1.807) is 12.1 Å². The number of likely N-dealkylation sites (tertiary alicyclic amines) is 1. The maximum absolute atomic E-state index is 13.8. The highest BCUT2D eigenvalue weighted by atomic mass is 35.5. The summed E-state index contributed by atoms with van der Waals surface area (Å²) in [4.78, 5) is 2.38. The second-order valence-electron chi connectivity index (χ2n) is 6.33. The van der Waals surface area contributed by atoms with Gasteiger partial charge < -0.3 is 0 Å². The molecule has 0 radical (unpaired) electrons. The molecule has 2 unspecified atom stereocenters. The number of hydrogen-bond donors (Lipinski definition) is 0. The highest BCUT2D eigenvalue weighted by Gasteiger charge is 2.60. The van der Waals surface area contributed by atoms with Crippen LogP contribution >= 0.6 is 11.6 Å². The van der Waals surface area contributed by atoms with Gasteiger partial charge in [0.1, 0.15) is 5.82 Å². The molecule has 2 aromatic carbocycles. The third-order valence-electron chi connectivity index (χ3n) is 4.99. The van der Waals surface area contributed by atoms with Crippen LogP contribution in [0.1, 0.15) is 17.5 Å². The summed E-state index contributed by atoms with van der Waals surface area (Å²) in [5, 5.41) is 0.786. The van der Waals surface area contributed by atoms with Crippen molar-refractivity contribution in [1.82, 2.24) is 4.90 Å². The predicted octanol–water partition coefficient (Wildman–Crippen LogP) is 4.25. The quantitative estimate of drug-likeness (QED) is 0.819. The summed E-state index contributed by atoms with van der Waals surface area (Å²) >= 11 is 5.98. The Hall–Kier alpha value is -1.38. The molecule has 1 aliphatic heterocycles. The van der Waals surface area contributed by atoms with Crippen LogP contribution in [0, 0.1) is 11.7 Å². The van der Waals surface area contributed by atoms with Crippen LogP contribution in [0.3, 0.4) is 0 Å². The molecule has 1 nitrogen and oxygen atoms in total. The van der Waals surface area contributed by atoms with E-state index in [1.807, 2.05) is 24.3 Å².